The molecule has 2 aromatic rings. The molecule has 0 unspecified atom stereocenters. The topological polar surface area (TPSA) is 24.5 Å². The number of nitrogens with zero attached hydrogens (tertiary/aromatic N) is 1. The van der Waals surface area contributed by atoms with Crippen LogP contribution in [0.4, 0.5) is 20.2 Å². The van der Waals surface area contributed by atoms with Crippen molar-refractivity contribution in [2.45, 2.75) is 6.54 Å². The molecule has 1 N–H and O–H groups in total. The van der Waals surface area contributed by atoms with Crippen LogP contribution in [0.5, 0.6) is 0 Å². The number of benzene rings is 2. The number of rotatable bonds is 4. The minimum absolute atomic E-state index is 0.182. The Morgan fingerprint density at radius 1 is 1.13 bits per heavy atom. The van der Waals surface area contributed by atoms with Gasteiger partial charge in [-0.05, 0) is 24.3 Å². The van der Waals surface area contributed by atoms with Gasteiger partial charge in [-0.2, -0.15) is 0 Å². The van der Waals surface area contributed by atoms with Gasteiger partial charge in [0.1, 0.15) is 0 Å². The van der Waals surface area contributed by atoms with Crippen LogP contribution in [-0.4, -0.2) is 26.3 Å². The molecule has 1 aliphatic heterocycles. The highest BCUT2D eigenvalue weighted by molar-refractivity contribution is 6.31. The van der Waals surface area contributed by atoms with Crippen LogP contribution in [0.15, 0.2) is 36.4 Å². The van der Waals surface area contributed by atoms with Crippen LogP contribution >= 0.6 is 11.6 Å². The summed E-state index contributed by atoms with van der Waals surface area (Å²) in [7, 11) is 0. The molecule has 0 bridgehead atoms. The SMILES string of the molecule is Fc1cccc(CNc2cc(Cl)ccc2N2CCOCC2)c1F. The van der Waals surface area contributed by atoms with Crippen molar-refractivity contribution < 1.29 is 13.5 Å². The van der Waals surface area contributed by atoms with Gasteiger partial charge in [-0.1, -0.05) is 23.7 Å². The Labute approximate surface area is 138 Å². The molecule has 0 amide bonds. The number of ether oxygens (including phenoxy) is 1. The summed E-state index contributed by atoms with van der Waals surface area (Å²) < 4.78 is 32.4. The molecule has 2 aromatic carbocycles. The lowest BCUT2D eigenvalue weighted by molar-refractivity contribution is 0.123. The molecule has 1 aliphatic rings. The van der Waals surface area contributed by atoms with Gasteiger partial charge in [0.05, 0.1) is 24.6 Å². The molecule has 1 fully saturated rings. The van der Waals surface area contributed by atoms with E-state index in [1.165, 1.54) is 6.07 Å². The number of halogens is 3. The van der Waals surface area contributed by atoms with Gasteiger partial charge in [-0.25, -0.2) is 8.78 Å². The van der Waals surface area contributed by atoms with Gasteiger partial charge in [-0.15, -0.1) is 0 Å². The molecule has 0 spiro atoms. The Morgan fingerprint density at radius 3 is 2.70 bits per heavy atom. The summed E-state index contributed by atoms with van der Waals surface area (Å²) in [6, 6.07) is 9.71. The maximum absolute atomic E-state index is 13.8. The second-order valence-electron chi connectivity index (χ2n) is 5.33. The third-order valence-electron chi connectivity index (χ3n) is 3.81. The standard InChI is InChI=1S/C17H17ClF2N2O/c18-13-4-5-16(22-6-8-23-9-7-22)15(10-13)21-11-12-2-1-3-14(19)17(12)20/h1-5,10,21H,6-9,11H2. The average Bonchev–Trinajstić information content (AvgIpc) is 2.57. The first-order chi connectivity index (χ1) is 11.1. The first-order valence-electron chi connectivity index (χ1n) is 7.44. The number of anilines is 2. The van der Waals surface area contributed by atoms with Crippen LogP contribution in [0.1, 0.15) is 5.56 Å². The van der Waals surface area contributed by atoms with Gasteiger partial charge in [0.15, 0.2) is 11.6 Å². The molecule has 3 rings (SSSR count). The van der Waals surface area contributed by atoms with Crippen LogP contribution in [-0.2, 0) is 11.3 Å². The number of nitrogens with one attached hydrogen (secondary N) is 1. The monoisotopic (exact) mass is 338 g/mol. The van der Waals surface area contributed by atoms with Crippen molar-refractivity contribution >= 4 is 23.0 Å². The Hall–Kier alpha value is -1.85. The lowest BCUT2D eigenvalue weighted by Crippen LogP contribution is -2.36. The molecule has 1 heterocycles. The third-order valence-corrected chi connectivity index (χ3v) is 4.05. The fraction of sp³-hybridized carbons (Fsp3) is 0.294. The summed E-state index contributed by atoms with van der Waals surface area (Å²) in [5.74, 6) is -1.67. The molecule has 1 saturated heterocycles. The maximum Gasteiger partial charge on any atom is 0.163 e. The fourth-order valence-corrected chi connectivity index (χ4v) is 2.78. The van der Waals surface area contributed by atoms with Crippen molar-refractivity contribution in [3.8, 4) is 0 Å². The molecular weight excluding hydrogens is 322 g/mol. The fourth-order valence-electron chi connectivity index (χ4n) is 2.61. The van der Waals surface area contributed by atoms with E-state index in [1.807, 2.05) is 12.1 Å². The maximum atomic E-state index is 13.8. The molecule has 0 aliphatic carbocycles. The van der Waals surface area contributed by atoms with Crippen molar-refractivity contribution in [1.82, 2.24) is 0 Å². The molecular formula is C17H17ClF2N2O. The quantitative estimate of drug-likeness (QED) is 0.909. The molecule has 6 heteroatoms. The minimum Gasteiger partial charge on any atom is -0.379 e. The lowest BCUT2D eigenvalue weighted by atomic mass is 10.2. The van der Waals surface area contributed by atoms with Gasteiger partial charge < -0.3 is 15.0 Å². The zero-order valence-electron chi connectivity index (χ0n) is 12.5. The highest BCUT2D eigenvalue weighted by Gasteiger charge is 2.16. The van der Waals surface area contributed by atoms with E-state index in [-0.39, 0.29) is 12.1 Å². The average molecular weight is 339 g/mol. The van der Waals surface area contributed by atoms with E-state index in [0.717, 1.165) is 30.5 Å². The van der Waals surface area contributed by atoms with Crippen molar-refractivity contribution in [2.24, 2.45) is 0 Å². The predicted octanol–water partition coefficient (Wildman–Crippen LogP) is 4.07. The van der Waals surface area contributed by atoms with E-state index in [1.54, 1.807) is 12.1 Å². The highest BCUT2D eigenvalue weighted by Crippen LogP contribution is 2.30. The first kappa shape index (κ1) is 16.0. The largest absolute Gasteiger partial charge is 0.379 e. The molecule has 0 atom stereocenters. The number of morpholine rings is 1. The van der Waals surface area contributed by atoms with Crippen molar-refractivity contribution in [3.05, 3.63) is 58.6 Å². The molecule has 23 heavy (non-hydrogen) atoms. The van der Waals surface area contributed by atoms with Crippen LogP contribution < -0.4 is 10.2 Å². The van der Waals surface area contributed by atoms with E-state index in [0.29, 0.717) is 18.2 Å². The Morgan fingerprint density at radius 2 is 1.91 bits per heavy atom. The van der Waals surface area contributed by atoms with Crippen molar-refractivity contribution in [1.29, 1.82) is 0 Å². The second kappa shape index (κ2) is 7.15. The van der Waals surface area contributed by atoms with E-state index in [4.69, 9.17) is 16.3 Å². The normalized spacial score (nSPS) is 14.8. The van der Waals surface area contributed by atoms with Crippen molar-refractivity contribution in [2.75, 3.05) is 36.5 Å². The highest BCUT2D eigenvalue weighted by atomic mass is 35.5. The smallest absolute Gasteiger partial charge is 0.163 e. The lowest BCUT2D eigenvalue weighted by Gasteiger charge is -2.30. The van der Waals surface area contributed by atoms with Gasteiger partial charge in [0, 0.05) is 30.2 Å². The summed E-state index contributed by atoms with van der Waals surface area (Å²) in [4.78, 5) is 2.18. The number of hydrogen-bond donors (Lipinski definition) is 1. The number of hydrogen-bond acceptors (Lipinski definition) is 3. The minimum atomic E-state index is -0.844. The van der Waals surface area contributed by atoms with Crippen LogP contribution in [0, 0.1) is 11.6 Å². The zero-order chi connectivity index (χ0) is 16.2. The summed E-state index contributed by atoms with van der Waals surface area (Å²) >= 11 is 6.08. The van der Waals surface area contributed by atoms with E-state index >= 15 is 0 Å². The summed E-state index contributed by atoms with van der Waals surface area (Å²) in [6.07, 6.45) is 0. The zero-order valence-corrected chi connectivity index (χ0v) is 13.2. The Bertz CT molecular complexity index is 690. The van der Waals surface area contributed by atoms with E-state index < -0.39 is 11.6 Å². The van der Waals surface area contributed by atoms with E-state index in [2.05, 4.69) is 10.2 Å². The van der Waals surface area contributed by atoms with Gasteiger partial charge in [0.2, 0.25) is 0 Å². The van der Waals surface area contributed by atoms with Gasteiger partial charge in [-0.3, -0.25) is 0 Å². The van der Waals surface area contributed by atoms with Crippen LogP contribution in [0.3, 0.4) is 0 Å². The summed E-state index contributed by atoms with van der Waals surface area (Å²) in [5.41, 5.74) is 2.05. The van der Waals surface area contributed by atoms with Gasteiger partial charge >= 0.3 is 0 Å². The molecule has 0 aromatic heterocycles. The first-order valence-corrected chi connectivity index (χ1v) is 7.82. The molecule has 122 valence electrons. The van der Waals surface area contributed by atoms with Crippen molar-refractivity contribution in [3.63, 3.8) is 0 Å². The third kappa shape index (κ3) is 3.74. The summed E-state index contributed by atoms with van der Waals surface area (Å²) in [6.45, 7) is 3.08. The predicted molar refractivity (Wildman–Crippen MR) is 88.2 cm³/mol. The van der Waals surface area contributed by atoms with Gasteiger partial charge in [0.25, 0.3) is 0 Å². The second-order valence-corrected chi connectivity index (χ2v) is 5.76. The van der Waals surface area contributed by atoms with Crippen LogP contribution in [0.2, 0.25) is 5.02 Å². The molecule has 0 saturated carbocycles. The summed E-state index contributed by atoms with van der Waals surface area (Å²) in [5, 5.41) is 3.75. The molecule has 3 nitrogen and oxygen atoms in total. The Balaban J connectivity index is 1.81. The Kier molecular flexibility index (Phi) is 4.98. The van der Waals surface area contributed by atoms with E-state index in [9.17, 15) is 8.78 Å². The van der Waals surface area contributed by atoms with Crippen LogP contribution in [0.25, 0.3) is 0 Å². The molecule has 0 radical (unpaired) electrons.